The Balaban J connectivity index is 0.985. The number of hydrogen-bond donors (Lipinski definition) is 18. The standard InChI is InChI=1S/C57H90O31/c58-18-34-41(66)45(70)49(74)54(85-34)80-27-15-29(62)28-17-33(84-57-50(75)46(71)42(67)35(19-59)86-57)53(81-30(28)16-27)24-13-31(82-55-51(76)47(72)43(68)36(87-55)20-78-38(63)11-5-22-1-7-25(60)8-2-22)40(65)32(14-24)83-56-52(77)48(73)44(69)37(88-56)21-79-39(64)12-6-23-3-9-26(61)10-4-23/h5-6,11-12,22-37,40-62,65-77H,1-4,7-10,13-21H2. The fourth-order valence-corrected chi connectivity index (χ4v) is 13.6. The Morgan fingerprint density at radius 1 is 0.386 bits per heavy atom. The first-order valence-electron chi connectivity index (χ1n) is 30.6. The van der Waals surface area contributed by atoms with Gasteiger partial charge in [-0.2, -0.15) is 0 Å². The molecule has 88 heavy (non-hydrogen) atoms. The average Bonchev–Trinajstić information content (AvgIpc) is 1.49. The van der Waals surface area contributed by atoms with Gasteiger partial charge in [-0.05, 0) is 88.4 Å². The van der Waals surface area contributed by atoms with Crippen LogP contribution in [0.4, 0.5) is 0 Å². The number of esters is 2. The van der Waals surface area contributed by atoms with Crippen LogP contribution < -0.4 is 0 Å². The fraction of sp³-hybridized carbons (Fsp3) is 0.895. The SMILES string of the molecule is O=C(C=CC1CCC(O)CC1)OCC1OC(OC2CC(C3OC4CC(OC5OC(CO)C(O)C(O)C5O)CC(O)C4CC3OC3OC(CO)C(O)C(O)C3O)CC(OC3OC(COC(=O)C=CC4CCC(O)CC4)C(O)C(O)C3O)C2O)C(O)C(O)C1O. The van der Waals surface area contributed by atoms with Crippen molar-refractivity contribution in [1.29, 1.82) is 0 Å². The van der Waals surface area contributed by atoms with Crippen LogP contribution in [0.5, 0.6) is 0 Å². The highest BCUT2D eigenvalue weighted by Gasteiger charge is 2.57. The van der Waals surface area contributed by atoms with Crippen molar-refractivity contribution in [3.8, 4) is 0 Å². The average molecular weight is 1270 g/mol. The zero-order valence-corrected chi connectivity index (χ0v) is 48.3. The Kier molecular flexibility index (Phi) is 24.6. The van der Waals surface area contributed by atoms with Crippen LogP contribution in [-0.4, -0.2) is 314 Å². The molecule has 18 N–H and O–H groups in total. The molecule has 0 radical (unpaired) electrons. The molecule has 9 fully saturated rings. The summed E-state index contributed by atoms with van der Waals surface area (Å²) >= 11 is 0. The number of aliphatic hydroxyl groups is 18. The lowest BCUT2D eigenvalue weighted by atomic mass is 9.72. The molecule has 9 aliphatic rings. The van der Waals surface area contributed by atoms with Gasteiger partial charge in [0.2, 0.25) is 0 Å². The highest BCUT2D eigenvalue weighted by molar-refractivity contribution is 5.82. The Morgan fingerprint density at radius 3 is 1.17 bits per heavy atom. The highest BCUT2D eigenvalue weighted by atomic mass is 16.7. The minimum Gasteiger partial charge on any atom is -0.460 e. The normalized spacial score (nSPS) is 49.7. The molecule has 0 aromatic heterocycles. The van der Waals surface area contributed by atoms with Crippen molar-refractivity contribution in [3.05, 3.63) is 24.3 Å². The van der Waals surface area contributed by atoms with Crippen LogP contribution >= 0.6 is 0 Å². The number of fused-ring (bicyclic) bond motifs is 1. The number of hydrogen-bond acceptors (Lipinski definition) is 31. The molecule has 0 aromatic carbocycles. The van der Waals surface area contributed by atoms with Gasteiger partial charge in [0, 0.05) is 30.9 Å². The van der Waals surface area contributed by atoms with Crippen LogP contribution in [0.25, 0.3) is 0 Å². The van der Waals surface area contributed by atoms with E-state index >= 15 is 0 Å². The van der Waals surface area contributed by atoms with Crippen molar-refractivity contribution >= 4 is 11.9 Å². The quantitative estimate of drug-likeness (QED) is 0.0422. The summed E-state index contributed by atoms with van der Waals surface area (Å²) in [4.78, 5) is 25.8. The first-order valence-corrected chi connectivity index (χ1v) is 30.6. The van der Waals surface area contributed by atoms with Gasteiger partial charge in [0.1, 0.15) is 117 Å². The first kappa shape index (κ1) is 69.7. The third-order valence-electron chi connectivity index (χ3n) is 19.0. The van der Waals surface area contributed by atoms with Crippen molar-refractivity contribution in [2.24, 2.45) is 23.7 Å². The van der Waals surface area contributed by atoms with Crippen molar-refractivity contribution in [1.82, 2.24) is 0 Å². The second kappa shape index (κ2) is 31.1. The van der Waals surface area contributed by atoms with E-state index in [1.54, 1.807) is 12.2 Å². The molecule has 5 heterocycles. The van der Waals surface area contributed by atoms with Crippen molar-refractivity contribution in [2.45, 2.75) is 267 Å². The van der Waals surface area contributed by atoms with Gasteiger partial charge in [-0.25, -0.2) is 9.59 Å². The van der Waals surface area contributed by atoms with Crippen LogP contribution in [-0.2, 0) is 61.7 Å². The molecule has 0 spiro atoms. The summed E-state index contributed by atoms with van der Waals surface area (Å²) in [5.41, 5.74) is 0. The van der Waals surface area contributed by atoms with Crippen LogP contribution in [0.15, 0.2) is 24.3 Å². The number of aliphatic hydroxyl groups excluding tert-OH is 18. The lowest BCUT2D eigenvalue weighted by Crippen LogP contribution is -2.64. The Labute approximate surface area is 506 Å². The van der Waals surface area contributed by atoms with E-state index in [2.05, 4.69) is 0 Å². The van der Waals surface area contributed by atoms with Crippen LogP contribution in [0.1, 0.15) is 83.5 Å². The Bertz CT molecular complexity index is 2160. The second-order valence-electron chi connectivity index (χ2n) is 25.1. The predicted molar refractivity (Wildman–Crippen MR) is 287 cm³/mol. The molecule has 28 atom stereocenters. The van der Waals surface area contributed by atoms with Gasteiger partial charge >= 0.3 is 11.9 Å². The zero-order valence-electron chi connectivity index (χ0n) is 48.3. The molecule has 9 rings (SSSR count). The van der Waals surface area contributed by atoms with Gasteiger partial charge < -0.3 is 144 Å². The topological polar surface area (TPSA) is 500 Å². The van der Waals surface area contributed by atoms with Gasteiger partial charge in [-0.15, -0.1) is 0 Å². The smallest absolute Gasteiger partial charge is 0.330 e. The molecule has 5 saturated heterocycles. The molecule has 0 aromatic rings. The molecule has 5 aliphatic heterocycles. The molecule has 4 saturated carbocycles. The van der Waals surface area contributed by atoms with Crippen molar-refractivity contribution < 1.29 is 154 Å². The monoisotopic (exact) mass is 1270 g/mol. The van der Waals surface area contributed by atoms with E-state index in [4.69, 9.17) is 52.1 Å². The molecule has 31 heteroatoms. The second-order valence-corrected chi connectivity index (χ2v) is 25.1. The van der Waals surface area contributed by atoms with E-state index in [0.717, 1.165) is 0 Å². The molecule has 31 nitrogen and oxygen atoms in total. The Morgan fingerprint density at radius 2 is 0.761 bits per heavy atom. The molecule has 4 aliphatic carbocycles. The van der Waals surface area contributed by atoms with E-state index in [9.17, 15) is 102 Å². The van der Waals surface area contributed by atoms with Gasteiger partial charge in [0.05, 0.1) is 68.1 Å². The maximum Gasteiger partial charge on any atom is 0.330 e. The van der Waals surface area contributed by atoms with E-state index in [1.807, 2.05) is 0 Å². The number of carbonyl (C=O) groups excluding carboxylic acids is 2. The van der Waals surface area contributed by atoms with E-state index in [-0.39, 0.29) is 43.9 Å². The summed E-state index contributed by atoms with van der Waals surface area (Å²) < 4.78 is 66.0. The van der Waals surface area contributed by atoms with Crippen LogP contribution in [0, 0.1) is 23.7 Å². The van der Waals surface area contributed by atoms with Gasteiger partial charge in [0.25, 0.3) is 0 Å². The molecule has 504 valence electrons. The molecule has 0 amide bonds. The molecular weight excluding hydrogens is 1180 g/mol. The predicted octanol–water partition coefficient (Wildman–Crippen LogP) is -7.26. The first-order chi connectivity index (χ1) is 41.9. The lowest BCUT2D eigenvalue weighted by molar-refractivity contribution is -0.351. The molecular formula is C57H90O31. The minimum absolute atomic E-state index is 0.00630. The molecule has 0 bridgehead atoms. The van der Waals surface area contributed by atoms with Crippen molar-refractivity contribution in [3.63, 3.8) is 0 Å². The number of rotatable bonds is 19. The van der Waals surface area contributed by atoms with Crippen LogP contribution in [0.3, 0.4) is 0 Å². The third kappa shape index (κ3) is 16.4. The summed E-state index contributed by atoms with van der Waals surface area (Å²) in [5, 5.41) is 196. The zero-order chi connectivity index (χ0) is 63.4. The van der Waals surface area contributed by atoms with Gasteiger partial charge in [0.15, 0.2) is 25.2 Å². The highest BCUT2D eigenvalue weighted by Crippen LogP contribution is 2.46. The maximum atomic E-state index is 12.9. The summed E-state index contributed by atoms with van der Waals surface area (Å²) in [5.74, 6) is -3.58. The van der Waals surface area contributed by atoms with Crippen LogP contribution in [0.2, 0.25) is 0 Å². The van der Waals surface area contributed by atoms with Crippen molar-refractivity contribution in [2.75, 3.05) is 26.4 Å². The largest absolute Gasteiger partial charge is 0.460 e. The maximum absolute atomic E-state index is 12.9. The number of carbonyl (C=O) groups is 2. The Hall–Kier alpha value is -2.66. The fourth-order valence-electron chi connectivity index (χ4n) is 13.6. The summed E-state index contributed by atoms with van der Waals surface area (Å²) in [6.07, 6.45) is -38.5. The van der Waals surface area contributed by atoms with E-state index in [1.165, 1.54) is 12.2 Å². The summed E-state index contributed by atoms with van der Waals surface area (Å²) in [6, 6.07) is 0. The van der Waals surface area contributed by atoms with Gasteiger partial charge in [-0.3, -0.25) is 0 Å². The van der Waals surface area contributed by atoms with E-state index in [0.29, 0.717) is 51.4 Å². The number of ether oxygens (including phenoxy) is 11. The summed E-state index contributed by atoms with van der Waals surface area (Å²) in [7, 11) is 0. The summed E-state index contributed by atoms with van der Waals surface area (Å²) in [6.45, 7) is -2.95. The molecule has 28 unspecified atom stereocenters. The number of allylic oxidation sites excluding steroid dienone is 2. The van der Waals surface area contributed by atoms with E-state index < -0.39 is 234 Å². The third-order valence-corrected chi connectivity index (χ3v) is 19.0. The lowest BCUT2D eigenvalue weighted by Gasteiger charge is -2.53. The minimum atomic E-state index is -2.05. The van der Waals surface area contributed by atoms with Gasteiger partial charge in [-0.1, -0.05) is 12.2 Å².